The number of halogens is 3. The molecule has 60 valence electrons. The molecule has 0 spiro atoms. The van der Waals surface area contributed by atoms with Gasteiger partial charge in [0.05, 0.1) is 16.6 Å². The van der Waals surface area contributed by atoms with Gasteiger partial charge in [0.2, 0.25) is 0 Å². The number of methoxy groups -OCH3 is 1. The predicted molar refractivity (Wildman–Crippen MR) is 45.7 cm³/mol. The van der Waals surface area contributed by atoms with E-state index in [4.69, 9.17) is 16.3 Å². The second-order valence-corrected chi connectivity index (χ2v) is 3.16. The van der Waals surface area contributed by atoms with E-state index in [1.807, 2.05) is 0 Å². The highest BCUT2D eigenvalue weighted by Gasteiger charge is 2.06. The lowest BCUT2D eigenvalue weighted by Gasteiger charge is -2.04. The van der Waals surface area contributed by atoms with E-state index in [0.29, 0.717) is 10.2 Å². The fraction of sp³-hybridized carbons (Fsp3) is 0.143. The summed E-state index contributed by atoms with van der Waals surface area (Å²) < 4.78 is 18.0. The molecule has 0 bridgehead atoms. The standard InChI is InChI=1S/C7H5BrClFO/c1-11-7-5(8)2-4(10)3-6(7)9/h2-3H,1H3. The van der Waals surface area contributed by atoms with Crippen LogP contribution in [0, 0.1) is 5.82 Å². The van der Waals surface area contributed by atoms with Crippen molar-refractivity contribution in [2.24, 2.45) is 0 Å². The monoisotopic (exact) mass is 238 g/mol. The summed E-state index contributed by atoms with van der Waals surface area (Å²) in [5, 5.41) is 0.263. The molecule has 0 aliphatic rings. The lowest BCUT2D eigenvalue weighted by Crippen LogP contribution is -1.86. The van der Waals surface area contributed by atoms with Crippen LogP contribution < -0.4 is 4.74 Å². The number of benzene rings is 1. The van der Waals surface area contributed by atoms with Crippen molar-refractivity contribution in [1.29, 1.82) is 0 Å². The lowest BCUT2D eigenvalue weighted by atomic mass is 10.3. The Bertz CT molecular complexity index is 254. The normalized spacial score (nSPS) is 9.82. The van der Waals surface area contributed by atoms with Gasteiger partial charge in [-0.2, -0.15) is 0 Å². The van der Waals surface area contributed by atoms with Crippen LogP contribution >= 0.6 is 27.5 Å². The molecule has 0 saturated heterocycles. The van der Waals surface area contributed by atoms with Crippen LogP contribution in [0.3, 0.4) is 0 Å². The molecule has 0 unspecified atom stereocenters. The Morgan fingerprint density at radius 2 is 2.18 bits per heavy atom. The highest BCUT2D eigenvalue weighted by Crippen LogP contribution is 2.33. The molecular formula is C7H5BrClFO. The molecular weight excluding hydrogens is 234 g/mol. The quantitative estimate of drug-likeness (QED) is 0.731. The minimum Gasteiger partial charge on any atom is -0.494 e. The van der Waals surface area contributed by atoms with Gasteiger partial charge in [0.1, 0.15) is 5.82 Å². The largest absolute Gasteiger partial charge is 0.494 e. The Labute approximate surface area is 77.2 Å². The van der Waals surface area contributed by atoms with Gasteiger partial charge in [-0.1, -0.05) is 11.6 Å². The Hall–Kier alpha value is -0.280. The molecule has 0 saturated carbocycles. The van der Waals surface area contributed by atoms with Gasteiger partial charge in [-0.3, -0.25) is 0 Å². The van der Waals surface area contributed by atoms with E-state index in [1.165, 1.54) is 19.2 Å². The van der Waals surface area contributed by atoms with Crippen molar-refractivity contribution in [3.05, 3.63) is 27.4 Å². The van der Waals surface area contributed by atoms with Gasteiger partial charge in [-0.25, -0.2) is 4.39 Å². The molecule has 0 heterocycles. The highest BCUT2D eigenvalue weighted by molar-refractivity contribution is 9.10. The molecule has 0 aromatic heterocycles. The van der Waals surface area contributed by atoms with Gasteiger partial charge in [-0.15, -0.1) is 0 Å². The number of hydrogen-bond donors (Lipinski definition) is 0. The molecule has 0 radical (unpaired) electrons. The van der Waals surface area contributed by atoms with Crippen molar-refractivity contribution in [3.8, 4) is 5.75 Å². The third-order valence-electron chi connectivity index (χ3n) is 1.17. The fourth-order valence-electron chi connectivity index (χ4n) is 0.724. The maximum atomic E-state index is 12.6. The van der Waals surface area contributed by atoms with Crippen LogP contribution in [0.25, 0.3) is 0 Å². The van der Waals surface area contributed by atoms with Crippen molar-refractivity contribution in [1.82, 2.24) is 0 Å². The smallest absolute Gasteiger partial charge is 0.151 e. The Morgan fingerprint density at radius 1 is 1.55 bits per heavy atom. The topological polar surface area (TPSA) is 9.23 Å². The van der Waals surface area contributed by atoms with Crippen LogP contribution in [0.5, 0.6) is 5.75 Å². The summed E-state index contributed by atoms with van der Waals surface area (Å²) >= 11 is 8.75. The number of hydrogen-bond acceptors (Lipinski definition) is 1. The van der Waals surface area contributed by atoms with Crippen LogP contribution in [0.2, 0.25) is 5.02 Å². The second-order valence-electron chi connectivity index (χ2n) is 1.90. The van der Waals surface area contributed by atoms with E-state index in [-0.39, 0.29) is 10.8 Å². The summed E-state index contributed by atoms with van der Waals surface area (Å²) in [5.41, 5.74) is 0. The Kier molecular flexibility index (Phi) is 2.73. The number of rotatable bonds is 1. The van der Waals surface area contributed by atoms with E-state index in [9.17, 15) is 4.39 Å². The third kappa shape index (κ3) is 1.84. The van der Waals surface area contributed by atoms with Gasteiger partial charge in [-0.05, 0) is 28.1 Å². The molecule has 0 fully saturated rings. The maximum absolute atomic E-state index is 12.6. The minimum atomic E-state index is -0.386. The van der Waals surface area contributed by atoms with E-state index >= 15 is 0 Å². The summed E-state index contributed by atoms with van der Waals surface area (Å²) in [7, 11) is 1.48. The molecule has 1 aromatic rings. The summed E-state index contributed by atoms with van der Waals surface area (Å²) in [6.07, 6.45) is 0. The maximum Gasteiger partial charge on any atom is 0.151 e. The number of ether oxygens (including phenoxy) is 1. The van der Waals surface area contributed by atoms with Gasteiger partial charge in [0.25, 0.3) is 0 Å². The first-order chi connectivity index (χ1) is 5.15. The first-order valence-corrected chi connectivity index (χ1v) is 4.00. The zero-order chi connectivity index (χ0) is 8.43. The zero-order valence-electron chi connectivity index (χ0n) is 5.70. The lowest BCUT2D eigenvalue weighted by molar-refractivity contribution is 0.411. The zero-order valence-corrected chi connectivity index (χ0v) is 8.04. The molecule has 4 heteroatoms. The van der Waals surface area contributed by atoms with Crippen LogP contribution in [-0.2, 0) is 0 Å². The molecule has 0 amide bonds. The predicted octanol–water partition coefficient (Wildman–Crippen LogP) is 3.25. The average molecular weight is 239 g/mol. The van der Waals surface area contributed by atoms with Crippen molar-refractivity contribution >= 4 is 27.5 Å². The molecule has 0 atom stereocenters. The molecule has 0 N–H and O–H groups in total. The summed E-state index contributed by atoms with van der Waals surface area (Å²) in [6.45, 7) is 0. The van der Waals surface area contributed by atoms with Crippen LogP contribution in [0.1, 0.15) is 0 Å². The average Bonchev–Trinajstić information content (AvgIpc) is 1.85. The summed E-state index contributed by atoms with van der Waals surface area (Å²) in [4.78, 5) is 0. The molecule has 0 aliphatic heterocycles. The molecule has 1 rings (SSSR count). The fourth-order valence-corrected chi connectivity index (χ4v) is 1.72. The molecule has 11 heavy (non-hydrogen) atoms. The minimum absolute atomic E-state index is 0.263. The van der Waals surface area contributed by atoms with Crippen LogP contribution in [0.4, 0.5) is 4.39 Å². The van der Waals surface area contributed by atoms with E-state index in [2.05, 4.69) is 15.9 Å². The summed E-state index contributed by atoms with van der Waals surface area (Å²) in [6, 6.07) is 2.50. The molecule has 1 aromatic carbocycles. The van der Waals surface area contributed by atoms with Gasteiger partial charge >= 0.3 is 0 Å². The highest BCUT2D eigenvalue weighted by atomic mass is 79.9. The second kappa shape index (κ2) is 3.41. The Morgan fingerprint density at radius 3 is 2.64 bits per heavy atom. The van der Waals surface area contributed by atoms with Crippen molar-refractivity contribution in [2.75, 3.05) is 7.11 Å². The van der Waals surface area contributed by atoms with Crippen LogP contribution in [-0.4, -0.2) is 7.11 Å². The first kappa shape index (κ1) is 8.81. The Balaban J connectivity index is 3.25. The van der Waals surface area contributed by atoms with E-state index < -0.39 is 0 Å². The van der Waals surface area contributed by atoms with Gasteiger partial charge < -0.3 is 4.74 Å². The SMILES string of the molecule is COc1c(Cl)cc(F)cc1Br. The molecule has 0 aliphatic carbocycles. The van der Waals surface area contributed by atoms with Crippen molar-refractivity contribution in [3.63, 3.8) is 0 Å². The van der Waals surface area contributed by atoms with Gasteiger partial charge in [0, 0.05) is 0 Å². The van der Waals surface area contributed by atoms with Crippen molar-refractivity contribution < 1.29 is 9.13 Å². The first-order valence-electron chi connectivity index (χ1n) is 2.83. The van der Waals surface area contributed by atoms with E-state index in [1.54, 1.807) is 0 Å². The van der Waals surface area contributed by atoms with E-state index in [0.717, 1.165) is 0 Å². The van der Waals surface area contributed by atoms with Crippen molar-refractivity contribution in [2.45, 2.75) is 0 Å². The third-order valence-corrected chi connectivity index (χ3v) is 2.04. The van der Waals surface area contributed by atoms with Crippen LogP contribution in [0.15, 0.2) is 16.6 Å². The van der Waals surface area contributed by atoms with Gasteiger partial charge in [0.15, 0.2) is 5.75 Å². The summed E-state index contributed by atoms with van der Waals surface area (Å²) in [5.74, 6) is 0.0655. The molecule has 1 nitrogen and oxygen atoms in total.